The third kappa shape index (κ3) is 4.84. The first-order valence-electron chi connectivity index (χ1n) is 6.86. The highest BCUT2D eigenvalue weighted by atomic mass is 35.5. The molecule has 0 saturated heterocycles. The van der Waals surface area contributed by atoms with Gasteiger partial charge in [-0.3, -0.25) is 4.79 Å². The molecule has 6 heteroatoms. The zero-order valence-electron chi connectivity index (χ0n) is 12.2. The number of para-hydroxylation sites is 1. The van der Waals surface area contributed by atoms with Crippen molar-refractivity contribution in [2.24, 2.45) is 5.41 Å². The number of amides is 1. The highest BCUT2D eigenvalue weighted by Gasteiger charge is 2.26. The van der Waals surface area contributed by atoms with Crippen molar-refractivity contribution in [1.82, 2.24) is 5.32 Å². The highest BCUT2D eigenvalue weighted by Crippen LogP contribution is 2.27. The van der Waals surface area contributed by atoms with E-state index in [1.54, 1.807) is 6.07 Å². The van der Waals surface area contributed by atoms with Crippen LogP contribution in [0.1, 0.15) is 37.0 Å². The summed E-state index contributed by atoms with van der Waals surface area (Å²) < 4.78 is 29.0. The molecule has 0 aliphatic heterocycles. The fourth-order valence-electron chi connectivity index (χ4n) is 1.95. The van der Waals surface area contributed by atoms with Gasteiger partial charge in [0.1, 0.15) is 5.75 Å². The van der Waals surface area contributed by atoms with Crippen molar-refractivity contribution in [3.8, 4) is 5.75 Å². The van der Waals surface area contributed by atoms with Gasteiger partial charge in [0.05, 0.1) is 5.56 Å². The van der Waals surface area contributed by atoms with Crippen LogP contribution >= 0.6 is 11.6 Å². The number of rotatable bonds is 8. The molecule has 21 heavy (non-hydrogen) atoms. The topological polar surface area (TPSA) is 38.3 Å². The summed E-state index contributed by atoms with van der Waals surface area (Å²) in [6, 6.07) is 5.93. The van der Waals surface area contributed by atoms with Gasteiger partial charge in [-0.05, 0) is 25.0 Å². The molecule has 0 radical (unpaired) electrons. The molecule has 0 fully saturated rings. The standard InChI is InChI=1S/C15H20ClF2NO2/c1-3-15(4-2,9-16)10-19-13(20)11-7-5-6-8-12(11)21-14(17)18/h5-8,14H,3-4,9-10H2,1-2H3,(H,19,20). The second-order valence-electron chi connectivity index (χ2n) is 4.90. The summed E-state index contributed by atoms with van der Waals surface area (Å²) in [5.41, 5.74) is -0.0936. The number of carbonyl (C=O) groups excluding carboxylic acids is 1. The van der Waals surface area contributed by atoms with Crippen LogP contribution in [0.3, 0.4) is 0 Å². The normalized spacial score (nSPS) is 11.5. The maximum atomic E-state index is 12.3. The maximum Gasteiger partial charge on any atom is 0.387 e. The van der Waals surface area contributed by atoms with Crippen molar-refractivity contribution in [1.29, 1.82) is 0 Å². The minimum Gasteiger partial charge on any atom is -0.434 e. The first-order valence-corrected chi connectivity index (χ1v) is 7.39. The van der Waals surface area contributed by atoms with Crippen molar-refractivity contribution >= 4 is 17.5 Å². The van der Waals surface area contributed by atoms with Crippen molar-refractivity contribution in [2.75, 3.05) is 12.4 Å². The van der Waals surface area contributed by atoms with Gasteiger partial charge in [0, 0.05) is 17.8 Å². The van der Waals surface area contributed by atoms with E-state index in [1.807, 2.05) is 13.8 Å². The molecule has 0 unspecified atom stereocenters. The Morgan fingerprint density at radius 3 is 2.48 bits per heavy atom. The molecule has 0 bridgehead atoms. The number of halogens is 3. The molecular formula is C15H20ClF2NO2. The van der Waals surface area contributed by atoms with E-state index >= 15 is 0 Å². The van der Waals surface area contributed by atoms with Gasteiger partial charge in [-0.1, -0.05) is 26.0 Å². The van der Waals surface area contributed by atoms with Crippen LogP contribution < -0.4 is 10.1 Å². The Morgan fingerprint density at radius 1 is 1.33 bits per heavy atom. The van der Waals surface area contributed by atoms with Crippen LogP contribution in [0.25, 0.3) is 0 Å². The summed E-state index contributed by atoms with van der Waals surface area (Å²) in [6.45, 7) is 1.44. The van der Waals surface area contributed by atoms with Gasteiger partial charge < -0.3 is 10.1 Å². The number of carbonyl (C=O) groups is 1. The van der Waals surface area contributed by atoms with Crippen molar-refractivity contribution in [3.05, 3.63) is 29.8 Å². The lowest BCUT2D eigenvalue weighted by Crippen LogP contribution is -2.38. The maximum absolute atomic E-state index is 12.3. The first kappa shape index (κ1) is 17.7. The summed E-state index contributed by atoms with van der Waals surface area (Å²) in [4.78, 5) is 12.2. The van der Waals surface area contributed by atoms with E-state index in [2.05, 4.69) is 10.1 Å². The molecule has 0 aliphatic rings. The van der Waals surface area contributed by atoms with Gasteiger partial charge >= 0.3 is 6.61 Å². The molecule has 1 aromatic carbocycles. The first-order chi connectivity index (χ1) is 9.98. The van der Waals surface area contributed by atoms with Crippen molar-refractivity contribution in [3.63, 3.8) is 0 Å². The molecule has 1 aromatic rings. The van der Waals surface area contributed by atoms with Crippen molar-refractivity contribution < 1.29 is 18.3 Å². The van der Waals surface area contributed by atoms with E-state index < -0.39 is 12.5 Å². The quantitative estimate of drug-likeness (QED) is 0.734. The van der Waals surface area contributed by atoms with Crippen LogP contribution in [-0.2, 0) is 0 Å². The fourth-order valence-corrected chi connectivity index (χ4v) is 2.42. The van der Waals surface area contributed by atoms with E-state index in [0.717, 1.165) is 12.8 Å². The second-order valence-corrected chi connectivity index (χ2v) is 5.17. The number of ether oxygens (including phenoxy) is 1. The van der Waals surface area contributed by atoms with Gasteiger partial charge in [-0.15, -0.1) is 11.6 Å². The van der Waals surface area contributed by atoms with Crippen LogP contribution in [0.15, 0.2) is 24.3 Å². The summed E-state index contributed by atoms with van der Waals surface area (Å²) in [7, 11) is 0. The lowest BCUT2D eigenvalue weighted by atomic mass is 9.84. The van der Waals surface area contributed by atoms with Crippen molar-refractivity contribution in [2.45, 2.75) is 33.3 Å². The molecule has 1 N–H and O–H groups in total. The number of hydrogen-bond acceptors (Lipinski definition) is 2. The molecule has 0 aliphatic carbocycles. The second kappa shape index (κ2) is 8.17. The van der Waals surface area contributed by atoms with Crippen LogP contribution in [-0.4, -0.2) is 24.9 Å². The largest absolute Gasteiger partial charge is 0.434 e. The molecule has 0 spiro atoms. The van der Waals surface area contributed by atoms with Crippen LogP contribution in [0, 0.1) is 5.41 Å². The Balaban J connectivity index is 2.80. The Labute approximate surface area is 128 Å². The molecule has 0 heterocycles. The molecule has 1 amide bonds. The lowest BCUT2D eigenvalue weighted by Gasteiger charge is -2.29. The predicted octanol–water partition coefficient (Wildman–Crippen LogP) is 4.06. The minimum absolute atomic E-state index is 0.0912. The third-order valence-corrected chi connectivity index (χ3v) is 4.32. The van der Waals surface area contributed by atoms with Gasteiger partial charge in [0.15, 0.2) is 0 Å². The summed E-state index contributed by atoms with van der Waals surface area (Å²) in [5, 5.41) is 2.76. The van der Waals surface area contributed by atoms with E-state index in [1.165, 1.54) is 18.2 Å². The Bertz CT molecular complexity index is 456. The molecule has 0 aromatic heterocycles. The van der Waals surface area contributed by atoms with E-state index in [4.69, 9.17) is 11.6 Å². The third-order valence-electron chi connectivity index (χ3n) is 3.76. The van der Waals surface area contributed by atoms with Crippen LogP contribution in [0.5, 0.6) is 5.75 Å². The number of alkyl halides is 3. The SMILES string of the molecule is CCC(CC)(CCl)CNC(=O)c1ccccc1OC(F)F. The summed E-state index contributed by atoms with van der Waals surface area (Å²) >= 11 is 5.98. The smallest absolute Gasteiger partial charge is 0.387 e. The van der Waals surface area contributed by atoms with Gasteiger partial charge in [-0.2, -0.15) is 8.78 Å². The molecule has 0 saturated carbocycles. The highest BCUT2D eigenvalue weighted by molar-refractivity contribution is 6.18. The van der Waals surface area contributed by atoms with Gasteiger partial charge in [0.25, 0.3) is 5.91 Å². The average Bonchev–Trinajstić information content (AvgIpc) is 2.49. The monoisotopic (exact) mass is 319 g/mol. The molecule has 118 valence electrons. The lowest BCUT2D eigenvalue weighted by molar-refractivity contribution is -0.0501. The average molecular weight is 320 g/mol. The number of nitrogens with one attached hydrogen (secondary N) is 1. The molecule has 1 rings (SSSR count). The molecule has 0 atom stereocenters. The minimum atomic E-state index is -2.97. The fraction of sp³-hybridized carbons (Fsp3) is 0.533. The van der Waals surface area contributed by atoms with Gasteiger partial charge in [0.2, 0.25) is 0 Å². The van der Waals surface area contributed by atoms with Crippen LogP contribution in [0.4, 0.5) is 8.78 Å². The number of benzene rings is 1. The van der Waals surface area contributed by atoms with Gasteiger partial charge in [-0.25, -0.2) is 0 Å². The van der Waals surface area contributed by atoms with Crippen LogP contribution in [0.2, 0.25) is 0 Å². The number of hydrogen-bond donors (Lipinski definition) is 1. The molecular weight excluding hydrogens is 300 g/mol. The predicted molar refractivity (Wildman–Crippen MR) is 79.1 cm³/mol. The Morgan fingerprint density at radius 2 is 1.95 bits per heavy atom. The van der Waals surface area contributed by atoms with E-state index in [0.29, 0.717) is 12.4 Å². The summed E-state index contributed by atoms with van der Waals surface area (Å²) in [5.74, 6) is -0.146. The Kier molecular flexibility index (Phi) is 6.89. The zero-order chi connectivity index (χ0) is 15.9. The van der Waals surface area contributed by atoms with E-state index in [9.17, 15) is 13.6 Å². The van der Waals surface area contributed by atoms with E-state index in [-0.39, 0.29) is 16.7 Å². The molecule has 3 nitrogen and oxygen atoms in total. The Hall–Kier alpha value is -1.36. The zero-order valence-corrected chi connectivity index (χ0v) is 12.9. The summed E-state index contributed by atoms with van der Waals surface area (Å²) in [6.07, 6.45) is 1.64.